The van der Waals surface area contributed by atoms with Gasteiger partial charge in [-0.25, -0.2) is 18.4 Å². The molecule has 2 heterocycles. The van der Waals surface area contributed by atoms with Crippen molar-refractivity contribution in [3.63, 3.8) is 0 Å². The number of nitrogens with zero attached hydrogens (tertiary/aromatic N) is 2. The molecule has 0 spiro atoms. The Morgan fingerprint density at radius 2 is 1.87 bits per heavy atom. The van der Waals surface area contributed by atoms with Gasteiger partial charge in [0.15, 0.2) is 0 Å². The zero-order valence-electron chi connectivity index (χ0n) is 17.4. The second-order valence-corrected chi connectivity index (χ2v) is 8.22. The highest BCUT2D eigenvalue weighted by Gasteiger charge is 2.28. The maximum atomic E-state index is 13.0. The fourth-order valence-corrected chi connectivity index (χ4v) is 4.21. The maximum absolute atomic E-state index is 13.0. The zero-order valence-corrected chi connectivity index (χ0v) is 19.8. The number of aromatic nitrogens is 2. The van der Waals surface area contributed by atoms with Crippen molar-refractivity contribution in [2.24, 2.45) is 0 Å². The topological polar surface area (TPSA) is 99.5 Å². The van der Waals surface area contributed by atoms with Gasteiger partial charge in [0, 0.05) is 0 Å². The third-order valence-corrected chi connectivity index (χ3v) is 6.33. The molecule has 31 heavy (non-hydrogen) atoms. The van der Waals surface area contributed by atoms with Crippen LogP contribution in [0.4, 0.5) is 13.8 Å². The molecule has 170 valence electrons. The number of nitrogens with one attached hydrogen (secondary N) is 1. The van der Waals surface area contributed by atoms with Gasteiger partial charge < -0.3 is 14.8 Å². The SMILES string of the molecule is CCCOC(=O)c1c(NC(=O)Cn2nc(C(F)F)c(Br)c2C)sc(C(=O)OCC)c1C. The average molecular weight is 522 g/mol. The Balaban J connectivity index is 2.33. The first-order chi connectivity index (χ1) is 14.6. The molecule has 0 bridgehead atoms. The normalized spacial score (nSPS) is 11.0. The highest BCUT2D eigenvalue weighted by atomic mass is 79.9. The minimum atomic E-state index is -2.80. The summed E-state index contributed by atoms with van der Waals surface area (Å²) < 4.78 is 37.5. The molecule has 0 atom stereocenters. The number of alkyl halides is 2. The van der Waals surface area contributed by atoms with Gasteiger partial charge in [-0.05, 0) is 48.7 Å². The van der Waals surface area contributed by atoms with E-state index in [1.165, 1.54) is 6.92 Å². The smallest absolute Gasteiger partial charge is 0.348 e. The number of carbonyl (C=O) groups excluding carboxylic acids is 3. The van der Waals surface area contributed by atoms with E-state index >= 15 is 0 Å². The summed E-state index contributed by atoms with van der Waals surface area (Å²) >= 11 is 3.94. The molecule has 8 nitrogen and oxygen atoms in total. The molecule has 0 aliphatic rings. The van der Waals surface area contributed by atoms with Crippen LogP contribution < -0.4 is 5.32 Å². The molecule has 0 radical (unpaired) electrons. The molecular weight excluding hydrogens is 500 g/mol. The summed E-state index contributed by atoms with van der Waals surface area (Å²) in [5, 5.41) is 6.44. The minimum Gasteiger partial charge on any atom is -0.462 e. The number of esters is 2. The molecule has 2 rings (SSSR count). The van der Waals surface area contributed by atoms with Crippen molar-refractivity contribution >= 4 is 50.1 Å². The number of hydrogen-bond donors (Lipinski definition) is 1. The first-order valence-electron chi connectivity index (χ1n) is 9.40. The van der Waals surface area contributed by atoms with Gasteiger partial charge in [-0.2, -0.15) is 5.10 Å². The highest BCUT2D eigenvalue weighted by Crippen LogP contribution is 2.34. The van der Waals surface area contributed by atoms with E-state index < -0.39 is 30.0 Å². The third kappa shape index (κ3) is 5.67. The monoisotopic (exact) mass is 521 g/mol. The summed E-state index contributed by atoms with van der Waals surface area (Å²) in [7, 11) is 0. The summed E-state index contributed by atoms with van der Waals surface area (Å²) in [5.41, 5.74) is 0.271. The van der Waals surface area contributed by atoms with Crippen molar-refractivity contribution in [3.05, 3.63) is 31.9 Å². The van der Waals surface area contributed by atoms with Crippen molar-refractivity contribution in [1.82, 2.24) is 9.78 Å². The molecule has 0 saturated carbocycles. The predicted molar refractivity (Wildman–Crippen MR) is 114 cm³/mol. The second kappa shape index (κ2) is 10.8. The van der Waals surface area contributed by atoms with Crippen LogP contribution in [-0.2, 0) is 20.8 Å². The van der Waals surface area contributed by atoms with Crippen LogP contribution in [0.3, 0.4) is 0 Å². The van der Waals surface area contributed by atoms with Crippen molar-refractivity contribution in [2.45, 2.75) is 47.1 Å². The summed E-state index contributed by atoms with van der Waals surface area (Å²) in [4.78, 5) is 37.5. The summed E-state index contributed by atoms with van der Waals surface area (Å²) in [6.45, 7) is 6.53. The number of ether oxygens (including phenoxy) is 2. The Labute approximate surface area is 190 Å². The summed E-state index contributed by atoms with van der Waals surface area (Å²) in [5.74, 6) is -1.91. The molecule has 0 unspecified atom stereocenters. The number of halogens is 3. The predicted octanol–water partition coefficient (Wildman–Crippen LogP) is 4.64. The number of hydrogen-bond acceptors (Lipinski definition) is 7. The number of anilines is 1. The molecule has 0 fully saturated rings. The van der Waals surface area contributed by atoms with Gasteiger partial charge in [0.1, 0.15) is 22.1 Å². The molecule has 0 aromatic carbocycles. The van der Waals surface area contributed by atoms with Crippen LogP contribution in [0.25, 0.3) is 0 Å². The van der Waals surface area contributed by atoms with Gasteiger partial charge in [0.2, 0.25) is 5.91 Å². The third-order valence-electron chi connectivity index (χ3n) is 4.16. The molecule has 0 aliphatic heterocycles. The van der Waals surface area contributed by atoms with Crippen LogP contribution in [0, 0.1) is 13.8 Å². The molecule has 1 N–H and O–H groups in total. The molecular formula is C19H22BrF2N3O5S. The fourth-order valence-electron chi connectivity index (χ4n) is 2.65. The Kier molecular flexibility index (Phi) is 8.69. The van der Waals surface area contributed by atoms with Gasteiger partial charge in [0.25, 0.3) is 6.43 Å². The Morgan fingerprint density at radius 3 is 2.42 bits per heavy atom. The van der Waals surface area contributed by atoms with E-state index in [-0.39, 0.29) is 39.7 Å². The number of amides is 1. The molecule has 2 aromatic heterocycles. The molecule has 0 saturated heterocycles. The van der Waals surface area contributed by atoms with E-state index in [2.05, 4.69) is 26.3 Å². The molecule has 0 aliphatic carbocycles. The Morgan fingerprint density at radius 1 is 1.19 bits per heavy atom. The average Bonchev–Trinajstić information content (AvgIpc) is 3.17. The standard InChI is InChI=1S/C19H22BrF2N3O5S/c1-5-7-30-18(27)12-9(3)15(19(28)29-6-2)31-17(12)23-11(26)8-25-10(4)13(20)14(24-25)16(21)22/h16H,5-8H2,1-4H3,(H,23,26). The van der Waals surface area contributed by atoms with Gasteiger partial charge >= 0.3 is 11.9 Å². The van der Waals surface area contributed by atoms with Gasteiger partial charge in [0.05, 0.1) is 28.9 Å². The van der Waals surface area contributed by atoms with E-state index in [1.807, 2.05) is 6.92 Å². The Bertz CT molecular complexity index is 990. The van der Waals surface area contributed by atoms with E-state index in [9.17, 15) is 23.2 Å². The fraction of sp³-hybridized carbons (Fsp3) is 0.474. The zero-order chi connectivity index (χ0) is 23.3. The van der Waals surface area contributed by atoms with Crippen molar-refractivity contribution in [2.75, 3.05) is 18.5 Å². The number of thiophene rings is 1. The summed E-state index contributed by atoms with van der Waals surface area (Å²) in [6.07, 6.45) is -2.20. The lowest BCUT2D eigenvalue weighted by atomic mass is 10.1. The summed E-state index contributed by atoms with van der Waals surface area (Å²) in [6, 6.07) is 0. The quantitative estimate of drug-likeness (QED) is 0.482. The second-order valence-electron chi connectivity index (χ2n) is 6.41. The lowest BCUT2D eigenvalue weighted by molar-refractivity contribution is -0.116. The first-order valence-corrected chi connectivity index (χ1v) is 11.0. The van der Waals surface area contributed by atoms with Crippen LogP contribution in [0.5, 0.6) is 0 Å². The van der Waals surface area contributed by atoms with Gasteiger partial charge in [-0.1, -0.05) is 6.92 Å². The first kappa shape index (κ1) is 24.9. The Hall–Kier alpha value is -2.34. The highest BCUT2D eigenvalue weighted by molar-refractivity contribution is 9.10. The minimum absolute atomic E-state index is 0.0569. The maximum Gasteiger partial charge on any atom is 0.348 e. The lowest BCUT2D eigenvalue weighted by Crippen LogP contribution is -2.21. The molecule has 1 amide bonds. The van der Waals surface area contributed by atoms with Gasteiger partial charge in [-0.3, -0.25) is 9.48 Å². The number of carbonyl (C=O) groups is 3. The van der Waals surface area contributed by atoms with Crippen LogP contribution in [-0.4, -0.2) is 40.8 Å². The van der Waals surface area contributed by atoms with Crippen LogP contribution in [0.1, 0.15) is 63.7 Å². The van der Waals surface area contributed by atoms with Crippen molar-refractivity contribution in [3.8, 4) is 0 Å². The molecule has 2 aromatic rings. The lowest BCUT2D eigenvalue weighted by Gasteiger charge is -2.08. The largest absolute Gasteiger partial charge is 0.462 e. The van der Waals surface area contributed by atoms with Crippen molar-refractivity contribution < 1.29 is 32.6 Å². The van der Waals surface area contributed by atoms with Crippen LogP contribution in [0.15, 0.2) is 4.47 Å². The van der Waals surface area contributed by atoms with E-state index in [4.69, 9.17) is 9.47 Å². The van der Waals surface area contributed by atoms with Gasteiger partial charge in [-0.15, -0.1) is 11.3 Å². The van der Waals surface area contributed by atoms with E-state index in [1.54, 1.807) is 13.8 Å². The van der Waals surface area contributed by atoms with E-state index in [0.29, 0.717) is 17.7 Å². The van der Waals surface area contributed by atoms with E-state index in [0.717, 1.165) is 16.0 Å². The van der Waals surface area contributed by atoms with Crippen molar-refractivity contribution in [1.29, 1.82) is 0 Å². The van der Waals surface area contributed by atoms with Crippen LogP contribution in [0.2, 0.25) is 0 Å². The molecule has 12 heteroatoms. The van der Waals surface area contributed by atoms with Crippen LogP contribution >= 0.6 is 27.3 Å². The number of rotatable bonds is 9.